The molecule has 5 heteroatoms. The Labute approximate surface area is 113 Å². The van der Waals surface area contributed by atoms with Crippen LogP contribution < -0.4 is 16.4 Å². The maximum absolute atomic E-state index is 12.0. The smallest absolute Gasteiger partial charge is 0.312 e. The van der Waals surface area contributed by atoms with E-state index >= 15 is 0 Å². The van der Waals surface area contributed by atoms with E-state index in [1.54, 1.807) is 6.92 Å². The molecule has 1 aromatic carbocycles. The largest absolute Gasteiger partial charge is 0.352 e. The van der Waals surface area contributed by atoms with Crippen LogP contribution in [0, 0.1) is 0 Å². The minimum Gasteiger partial charge on any atom is -0.352 e. The van der Waals surface area contributed by atoms with Gasteiger partial charge in [-0.3, -0.25) is 4.79 Å². The standard InChI is InChI=1S/C14H21N3O2/c1-4-14(3,11-8-6-5-7-9-11)17-12(18)10(2)16-13(15)19/h5-10H,4H2,1-3H3,(H,17,18)(H3,15,16,19)/t10-,14+/m1/s1. The molecule has 2 atom stereocenters. The van der Waals surface area contributed by atoms with Crippen LogP contribution in [0.3, 0.4) is 0 Å². The zero-order valence-electron chi connectivity index (χ0n) is 11.6. The van der Waals surface area contributed by atoms with Gasteiger partial charge in [0.1, 0.15) is 6.04 Å². The van der Waals surface area contributed by atoms with Crippen LogP contribution in [-0.4, -0.2) is 18.0 Å². The second-order valence-electron chi connectivity index (χ2n) is 4.77. The van der Waals surface area contributed by atoms with Crippen LogP contribution in [0.4, 0.5) is 4.79 Å². The van der Waals surface area contributed by atoms with E-state index in [4.69, 9.17) is 5.73 Å². The monoisotopic (exact) mass is 263 g/mol. The van der Waals surface area contributed by atoms with Gasteiger partial charge in [0.05, 0.1) is 5.54 Å². The van der Waals surface area contributed by atoms with Gasteiger partial charge in [-0.1, -0.05) is 37.3 Å². The van der Waals surface area contributed by atoms with Crippen LogP contribution in [0.15, 0.2) is 30.3 Å². The Morgan fingerprint density at radius 3 is 2.37 bits per heavy atom. The Kier molecular flexibility index (Phi) is 4.92. The Balaban J connectivity index is 2.82. The van der Waals surface area contributed by atoms with Crippen molar-refractivity contribution in [1.29, 1.82) is 0 Å². The summed E-state index contributed by atoms with van der Waals surface area (Å²) in [7, 11) is 0. The lowest BCUT2D eigenvalue weighted by Crippen LogP contribution is -2.52. The molecule has 104 valence electrons. The molecule has 0 bridgehead atoms. The first-order valence-corrected chi connectivity index (χ1v) is 6.32. The van der Waals surface area contributed by atoms with Gasteiger partial charge in [-0.15, -0.1) is 0 Å². The third-order valence-electron chi connectivity index (χ3n) is 3.27. The highest BCUT2D eigenvalue weighted by atomic mass is 16.2. The normalized spacial score (nSPS) is 15.1. The van der Waals surface area contributed by atoms with Crippen LogP contribution in [0.2, 0.25) is 0 Å². The molecule has 0 aromatic heterocycles. The van der Waals surface area contributed by atoms with Gasteiger partial charge in [-0.05, 0) is 25.8 Å². The Bertz CT molecular complexity index is 447. The summed E-state index contributed by atoms with van der Waals surface area (Å²) >= 11 is 0. The minimum absolute atomic E-state index is 0.257. The number of urea groups is 1. The Morgan fingerprint density at radius 1 is 1.32 bits per heavy atom. The van der Waals surface area contributed by atoms with Crippen LogP contribution in [0.1, 0.15) is 32.8 Å². The number of rotatable bonds is 5. The van der Waals surface area contributed by atoms with Crippen LogP contribution >= 0.6 is 0 Å². The van der Waals surface area contributed by atoms with E-state index in [0.717, 1.165) is 12.0 Å². The highest BCUT2D eigenvalue weighted by molar-refractivity contribution is 5.86. The number of primary amides is 1. The molecule has 0 aliphatic carbocycles. The molecule has 3 amide bonds. The van der Waals surface area contributed by atoms with Gasteiger partial charge in [-0.2, -0.15) is 0 Å². The molecule has 0 aliphatic rings. The van der Waals surface area contributed by atoms with Gasteiger partial charge < -0.3 is 16.4 Å². The summed E-state index contributed by atoms with van der Waals surface area (Å²) in [6.07, 6.45) is 0.742. The molecule has 0 saturated carbocycles. The molecule has 0 heterocycles. The lowest BCUT2D eigenvalue weighted by Gasteiger charge is -2.31. The molecule has 0 radical (unpaired) electrons. The van der Waals surface area contributed by atoms with Crippen molar-refractivity contribution >= 4 is 11.9 Å². The van der Waals surface area contributed by atoms with Crippen LogP contribution in [0.25, 0.3) is 0 Å². The topological polar surface area (TPSA) is 84.2 Å². The highest BCUT2D eigenvalue weighted by Crippen LogP contribution is 2.24. The Hall–Kier alpha value is -2.04. The number of hydrogen-bond donors (Lipinski definition) is 3. The maximum atomic E-state index is 12.0. The molecule has 0 fully saturated rings. The van der Waals surface area contributed by atoms with Gasteiger partial charge in [-0.25, -0.2) is 4.79 Å². The summed E-state index contributed by atoms with van der Waals surface area (Å²) in [5, 5.41) is 5.32. The van der Waals surface area contributed by atoms with Crippen molar-refractivity contribution in [3.63, 3.8) is 0 Å². The summed E-state index contributed by atoms with van der Waals surface area (Å²) in [6, 6.07) is 8.36. The first kappa shape index (κ1) is 15.0. The molecule has 19 heavy (non-hydrogen) atoms. The lowest BCUT2D eigenvalue weighted by molar-refractivity contribution is -0.124. The van der Waals surface area contributed by atoms with Crippen molar-refractivity contribution in [1.82, 2.24) is 10.6 Å². The van der Waals surface area contributed by atoms with Crippen LogP contribution in [0.5, 0.6) is 0 Å². The lowest BCUT2D eigenvalue weighted by atomic mass is 9.89. The van der Waals surface area contributed by atoms with Gasteiger partial charge in [0, 0.05) is 0 Å². The van der Waals surface area contributed by atoms with Gasteiger partial charge >= 0.3 is 6.03 Å². The van der Waals surface area contributed by atoms with Crippen molar-refractivity contribution in [2.45, 2.75) is 38.8 Å². The quantitative estimate of drug-likeness (QED) is 0.752. The summed E-state index contributed by atoms with van der Waals surface area (Å²) in [4.78, 5) is 22.8. The second kappa shape index (κ2) is 6.22. The first-order chi connectivity index (χ1) is 8.89. The molecular formula is C14H21N3O2. The molecule has 1 rings (SSSR count). The predicted octanol–water partition coefficient (Wildman–Crippen LogP) is 1.48. The van der Waals surface area contributed by atoms with Crippen molar-refractivity contribution < 1.29 is 9.59 Å². The van der Waals surface area contributed by atoms with Crippen molar-refractivity contribution in [2.24, 2.45) is 5.73 Å². The molecule has 1 aromatic rings. The summed E-state index contributed by atoms with van der Waals surface area (Å²) in [5.74, 6) is -0.257. The first-order valence-electron chi connectivity index (χ1n) is 6.32. The maximum Gasteiger partial charge on any atom is 0.312 e. The van der Waals surface area contributed by atoms with Crippen LogP contribution in [-0.2, 0) is 10.3 Å². The van der Waals surface area contributed by atoms with E-state index in [-0.39, 0.29) is 5.91 Å². The van der Waals surface area contributed by atoms with E-state index < -0.39 is 17.6 Å². The third kappa shape index (κ3) is 3.98. The number of amides is 3. The molecule has 0 spiro atoms. The molecule has 4 N–H and O–H groups in total. The zero-order chi connectivity index (χ0) is 14.5. The van der Waals surface area contributed by atoms with E-state index in [2.05, 4.69) is 10.6 Å². The molecule has 0 saturated heterocycles. The zero-order valence-corrected chi connectivity index (χ0v) is 11.6. The second-order valence-corrected chi connectivity index (χ2v) is 4.77. The van der Waals surface area contributed by atoms with E-state index in [1.807, 2.05) is 44.2 Å². The number of hydrogen-bond acceptors (Lipinski definition) is 2. The van der Waals surface area contributed by atoms with E-state index in [0.29, 0.717) is 0 Å². The van der Waals surface area contributed by atoms with E-state index in [1.165, 1.54) is 0 Å². The molecule has 5 nitrogen and oxygen atoms in total. The van der Waals surface area contributed by atoms with Crippen molar-refractivity contribution in [2.75, 3.05) is 0 Å². The van der Waals surface area contributed by atoms with Crippen molar-refractivity contribution in [3.05, 3.63) is 35.9 Å². The number of carbonyl (C=O) groups excluding carboxylic acids is 2. The summed E-state index contributed by atoms with van der Waals surface area (Å²) in [5.41, 5.74) is 5.57. The number of carbonyl (C=O) groups is 2. The van der Waals surface area contributed by atoms with Crippen molar-refractivity contribution in [3.8, 4) is 0 Å². The molecule has 0 unspecified atom stereocenters. The predicted molar refractivity (Wildman–Crippen MR) is 74.4 cm³/mol. The van der Waals surface area contributed by atoms with E-state index in [9.17, 15) is 9.59 Å². The van der Waals surface area contributed by atoms with Gasteiger partial charge in [0.25, 0.3) is 0 Å². The fourth-order valence-corrected chi connectivity index (χ4v) is 1.83. The number of nitrogens with one attached hydrogen (secondary N) is 2. The summed E-state index contributed by atoms with van der Waals surface area (Å²) < 4.78 is 0. The molecular weight excluding hydrogens is 242 g/mol. The fourth-order valence-electron chi connectivity index (χ4n) is 1.83. The van der Waals surface area contributed by atoms with Gasteiger partial charge in [0.15, 0.2) is 0 Å². The highest BCUT2D eigenvalue weighted by Gasteiger charge is 2.28. The number of nitrogens with two attached hydrogens (primary N) is 1. The molecule has 0 aliphatic heterocycles. The average Bonchev–Trinajstić information content (AvgIpc) is 2.38. The fraction of sp³-hybridized carbons (Fsp3) is 0.429. The SMILES string of the molecule is CC[C@](C)(NC(=O)[C@@H](C)NC(N)=O)c1ccccc1. The minimum atomic E-state index is -0.708. The summed E-state index contributed by atoms with van der Waals surface area (Å²) in [6.45, 7) is 5.55. The number of benzene rings is 1. The third-order valence-corrected chi connectivity index (χ3v) is 3.27. The average molecular weight is 263 g/mol. The van der Waals surface area contributed by atoms with Gasteiger partial charge in [0.2, 0.25) is 5.91 Å². The Morgan fingerprint density at radius 2 is 1.89 bits per heavy atom.